The Morgan fingerprint density at radius 1 is 1.11 bits per heavy atom. The molecule has 2 amide bonds. The zero-order chi connectivity index (χ0) is 19.0. The van der Waals surface area contributed by atoms with Crippen molar-refractivity contribution >= 4 is 28.4 Å². The number of benzene rings is 2. The zero-order valence-corrected chi connectivity index (χ0v) is 14.9. The van der Waals surface area contributed by atoms with Crippen LogP contribution in [-0.4, -0.2) is 23.8 Å². The van der Waals surface area contributed by atoms with E-state index in [0.717, 1.165) is 22.3 Å². The van der Waals surface area contributed by atoms with Gasteiger partial charge in [-0.05, 0) is 47.9 Å². The van der Waals surface area contributed by atoms with Crippen LogP contribution >= 0.6 is 0 Å². The van der Waals surface area contributed by atoms with E-state index in [1.807, 2.05) is 24.3 Å². The standard InChI is InChI=1S/C21H19N3O3/c1-24-18-6-3-15(11-14(18)4-7-20(24)26)21(27)23-12-13-2-5-16-17(10-13)22-9-8-19(16)25/h2-3,5-6,8-11H,4,7,12H2,1H3,(H,22,25)(H,23,27). The van der Waals surface area contributed by atoms with Crippen molar-refractivity contribution in [1.29, 1.82) is 0 Å². The normalized spacial score (nSPS) is 13.5. The lowest BCUT2D eigenvalue weighted by Gasteiger charge is -2.26. The highest BCUT2D eigenvalue weighted by molar-refractivity contribution is 5.99. The van der Waals surface area contributed by atoms with Gasteiger partial charge >= 0.3 is 0 Å². The van der Waals surface area contributed by atoms with Crippen LogP contribution in [0.2, 0.25) is 0 Å². The molecule has 27 heavy (non-hydrogen) atoms. The van der Waals surface area contributed by atoms with Crippen LogP contribution in [0.5, 0.6) is 0 Å². The quantitative estimate of drug-likeness (QED) is 0.751. The van der Waals surface area contributed by atoms with E-state index in [4.69, 9.17) is 0 Å². The summed E-state index contributed by atoms with van der Waals surface area (Å²) in [5.41, 5.74) is 4.06. The number of carbonyl (C=O) groups excluding carboxylic acids is 2. The van der Waals surface area contributed by atoms with Gasteiger partial charge in [0.2, 0.25) is 5.91 Å². The molecule has 136 valence electrons. The van der Waals surface area contributed by atoms with E-state index in [2.05, 4.69) is 10.3 Å². The molecule has 1 aliphatic rings. The fourth-order valence-electron chi connectivity index (χ4n) is 3.41. The molecule has 1 aromatic heterocycles. The van der Waals surface area contributed by atoms with Crippen LogP contribution in [0.25, 0.3) is 10.9 Å². The molecule has 0 saturated carbocycles. The number of fused-ring (bicyclic) bond motifs is 2. The van der Waals surface area contributed by atoms with Gasteiger partial charge in [0.25, 0.3) is 5.91 Å². The Kier molecular flexibility index (Phi) is 4.24. The largest absolute Gasteiger partial charge is 0.361 e. The van der Waals surface area contributed by atoms with E-state index in [0.29, 0.717) is 30.3 Å². The highest BCUT2D eigenvalue weighted by Crippen LogP contribution is 2.27. The first-order valence-electron chi connectivity index (χ1n) is 8.81. The molecule has 0 fully saturated rings. The van der Waals surface area contributed by atoms with Gasteiger partial charge < -0.3 is 15.2 Å². The number of nitrogens with zero attached hydrogens (tertiary/aromatic N) is 1. The third kappa shape index (κ3) is 3.21. The molecule has 0 bridgehead atoms. The average Bonchev–Trinajstić information content (AvgIpc) is 2.69. The van der Waals surface area contributed by atoms with Gasteiger partial charge in [0, 0.05) is 54.4 Å². The van der Waals surface area contributed by atoms with Crippen molar-refractivity contribution in [2.75, 3.05) is 11.9 Å². The minimum Gasteiger partial charge on any atom is -0.361 e. The Balaban J connectivity index is 1.50. The third-order valence-electron chi connectivity index (χ3n) is 4.96. The number of nitrogens with one attached hydrogen (secondary N) is 2. The van der Waals surface area contributed by atoms with Crippen LogP contribution in [0.3, 0.4) is 0 Å². The van der Waals surface area contributed by atoms with Gasteiger partial charge in [-0.15, -0.1) is 0 Å². The first-order chi connectivity index (χ1) is 13.0. The molecule has 0 unspecified atom stereocenters. The second-order valence-corrected chi connectivity index (χ2v) is 6.70. The Hall–Kier alpha value is -3.41. The lowest BCUT2D eigenvalue weighted by Crippen LogP contribution is -2.31. The second kappa shape index (κ2) is 6.72. The molecular weight excluding hydrogens is 342 g/mol. The molecule has 0 aliphatic carbocycles. The van der Waals surface area contributed by atoms with Crippen LogP contribution < -0.4 is 15.6 Å². The number of rotatable bonds is 3. The monoisotopic (exact) mass is 361 g/mol. The van der Waals surface area contributed by atoms with Crippen LogP contribution in [0.15, 0.2) is 53.5 Å². The van der Waals surface area contributed by atoms with Crippen LogP contribution in [0.4, 0.5) is 5.69 Å². The SMILES string of the molecule is CN1C(=O)CCc2cc(C(=O)NCc3ccc4c(=O)cc[nH]c4c3)ccc21. The number of aromatic amines is 1. The fourth-order valence-corrected chi connectivity index (χ4v) is 3.41. The summed E-state index contributed by atoms with van der Waals surface area (Å²) >= 11 is 0. The Morgan fingerprint density at radius 3 is 2.81 bits per heavy atom. The van der Waals surface area contributed by atoms with Crippen molar-refractivity contribution in [3.8, 4) is 0 Å². The number of aryl methyl sites for hydroxylation is 1. The van der Waals surface area contributed by atoms with E-state index >= 15 is 0 Å². The Morgan fingerprint density at radius 2 is 1.96 bits per heavy atom. The van der Waals surface area contributed by atoms with Crippen molar-refractivity contribution in [3.63, 3.8) is 0 Å². The van der Waals surface area contributed by atoms with Gasteiger partial charge in [0.15, 0.2) is 5.43 Å². The average molecular weight is 361 g/mol. The number of amides is 2. The number of carbonyl (C=O) groups is 2. The van der Waals surface area contributed by atoms with Gasteiger partial charge in [-0.1, -0.05) is 6.07 Å². The summed E-state index contributed by atoms with van der Waals surface area (Å²) in [5.74, 6) is -0.0759. The van der Waals surface area contributed by atoms with Gasteiger partial charge in [-0.3, -0.25) is 14.4 Å². The Labute approximate surface area is 155 Å². The van der Waals surface area contributed by atoms with E-state index < -0.39 is 0 Å². The van der Waals surface area contributed by atoms with Crippen molar-refractivity contribution in [3.05, 3.63) is 75.6 Å². The maximum Gasteiger partial charge on any atom is 0.251 e. The molecule has 4 rings (SSSR count). The minimum atomic E-state index is -0.168. The number of H-pyrrole nitrogens is 1. The highest BCUT2D eigenvalue weighted by atomic mass is 16.2. The Bertz CT molecular complexity index is 1120. The highest BCUT2D eigenvalue weighted by Gasteiger charge is 2.21. The number of pyridine rings is 1. The van der Waals surface area contributed by atoms with Crippen molar-refractivity contribution in [2.45, 2.75) is 19.4 Å². The summed E-state index contributed by atoms with van der Waals surface area (Å²) < 4.78 is 0. The predicted molar refractivity (Wildman–Crippen MR) is 104 cm³/mol. The van der Waals surface area contributed by atoms with Gasteiger partial charge in [0.05, 0.1) is 0 Å². The van der Waals surface area contributed by atoms with Gasteiger partial charge in [-0.2, -0.15) is 0 Å². The van der Waals surface area contributed by atoms with E-state index in [9.17, 15) is 14.4 Å². The molecule has 0 atom stereocenters. The molecule has 0 spiro atoms. The molecule has 0 radical (unpaired) electrons. The van der Waals surface area contributed by atoms with Crippen LogP contribution in [-0.2, 0) is 17.8 Å². The molecule has 6 heteroatoms. The molecule has 1 aliphatic heterocycles. The maximum atomic E-state index is 12.5. The molecule has 2 aromatic carbocycles. The summed E-state index contributed by atoms with van der Waals surface area (Å²) in [6.45, 7) is 0.362. The zero-order valence-electron chi connectivity index (χ0n) is 14.9. The molecule has 3 aromatic rings. The molecule has 2 heterocycles. The number of anilines is 1. The van der Waals surface area contributed by atoms with E-state index in [1.54, 1.807) is 30.3 Å². The molecule has 0 saturated heterocycles. The van der Waals surface area contributed by atoms with Gasteiger partial charge in [0.1, 0.15) is 0 Å². The molecule has 2 N–H and O–H groups in total. The summed E-state index contributed by atoms with van der Waals surface area (Å²) in [6, 6.07) is 12.4. The third-order valence-corrected chi connectivity index (χ3v) is 4.96. The first kappa shape index (κ1) is 17.0. The van der Waals surface area contributed by atoms with Gasteiger partial charge in [-0.25, -0.2) is 0 Å². The van der Waals surface area contributed by atoms with Crippen molar-refractivity contribution in [2.24, 2.45) is 0 Å². The van der Waals surface area contributed by atoms with E-state index in [1.165, 1.54) is 6.07 Å². The van der Waals surface area contributed by atoms with Crippen LogP contribution in [0.1, 0.15) is 27.9 Å². The van der Waals surface area contributed by atoms with E-state index in [-0.39, 0.29) is 17.2 Å². The van der Waals surface area contributed by atoms with Crippen LogP contribution in [0, 0.1) is 0 Å². The minimum absolute atomic E-state index is 0.0307. The number of hydrogen-bond acceptors (Lipinski definition) is 3. The topological polar surface area (TPSA) is 82.3 Å². The summed E-state index contributed by atoms with van der Waals surface area (Å²) in [5, 5.41) is 3.54. The summed E-state index contributed by atoms with van der Waals surface area (Å²) in [6.07, 6.45) is 2.73. The van der Waals surface area contributed by atoms with Crippen molar-refractivity contribution < 1.29 is 9.59 Å². The predicted octanol–water partition coefficient (Wildman–Crippen LogP) is 2.37. The summed E-state index contributed by atoms with van der Waals surface area (Å²) in [4.78, 5) is 40.8. The first-order valence-corrected chi connectivity index (χ1v) is 8.81. The number of aromatic nitrogens is 1. The molecule has 6 nitrogen and oxygen atoms in total. The molecular formula is C21H19N3O3. The maximum absolute atomic E-state index is 12.5. The fraction of sp³-hybridized carbons (Fsp3) is 0.190. The smallest absolute Gasteiger partial charge is 0.251 e. The number of hydrogen-bond donors (Lipinski definition) is 2. The lowest BCUT2D eigenvalue weighted by molar-refractivity contribution is -0.118. The second-order valence-electron chi connectivity index (χ2n) is 6.70. The van der Waals surface area contributed by atoms with Crippen molar-refractivity contribution in [1.82, 2.24) is 10.3 Å². The summed E-state index contributed by atoms with van der Waals surface area (Å²) in [7, 11) is 1.75. The lowest BCUT2D eigenvalue weighted by atomic mass is 9.99.